The smallest absolute Gasteiger partial charge is 0.475 e. The summed E-state index contributed by atoms with van der Waals surface area (Å²) in [6.45, 7) is 8.27. The number of hydrogen-bond donors (Lipinski definition) is 1. The molecule has 2 heterocycles. The summed E-state index contributed by atoms with van der Waals surface area (Å²) in [4.78, 5) is 31.4. The molecule has 1 saturated heterocycles. The third-order valence-electron chi connectivity index (χ3n) is 6.68. The molecule has 1 aliphatic carbocycles. The maximum Gasteiger partial charge on any atom is 0.490 e. The number of aliphatic imine (C=N–C) groups is 1. The van der Waals surface area contributed by atoms with Crippen molar-refractivity contribution in [1.82, 2.24) is 9.80 Å². The molecule has 0 bridgehead atoms. The van der Waals surface area contributed by atoms with Gasteiger partial charge in [0.1, 0.15) is 11.4 Å². The first kappa shape index (κ1) is 25.2. The van der Waals surface area contributed by atoms with E-state index in [2.05, 4.69) is 36.1 Å². The first-order valence-corrected chi connectivity index (χ1v) is 10.9. The fraction of sp³-hybridized carbons (Fsp3) is 0.609. The van der Waals surface area contributed by atoms with Gasteiger partial charge in [-0.1, -0.05) is 29.8 Å². The number of benzene rings is 1. The van der Waals surface area contributed by atoms with Crippen molar-refractivity contribution in [2.45, 2.75) is 44.9 Å². The minimum Gasteiger partial charge on any atom is -0.475 e. The summed E-state index contributed by atoms with van der Waals surface area (Å²) in [6.07, 6.45) is -3.07. The van der Waals surface area contributed by atoms with Gasteiger partial charge in [-0.2, -0.15) is 13.2 Å². The molecule has 0 unspecified atom stereocenters. The van der Waals surface area contributed by atoms with Gasteiger partial charge in [0.2, 0.25) is 0 Å². The van der Waals surface area contributed by atoms with E-state index in [1.54, 1.807) is 7.11 Å². The van der Waals surface area contributed by atoms with Gasteiger partial charge in [-0.3, -0.25) is 19.6 Å². The molecule has 1 aromatic carbocycles. The number of carboxylic acid groups (broad SMARTS) is 1. The maximum atomic E-state index is 13.2. The number of ether oxygens (including phenoxy) is 1. The fourth-order valence-corrected chi connectivity index (χ4v) is 5.09. The molecule has 1 aromatic rings. The molecular formula is C23H30F3N3O4. The molecule has 3 atom stereocenters. The van der Waals surface area contributed by atoms with Crippen LogP contribution in [0.25, 0.3) is 0 Å². The van der Waals surface area contributed by atoms with E-state index in [4.69, 9.17) is 19.6 Å². The quantitative estimate of drug-likeness (QED) is 0.717. The van der Waals surface area contributed by atoms with Crippen molar-refractivity contribution in [3.8, 4) is 0 Å². The second-order valence-corrected chi connectivity index (χ2v) is 8.92. The number of fused-ring (bicyclic) bond motifs is 2. The minimum absolute atomic E-state index is 0.205. The molecular weight excluding hydrogens is 439 g/mol. The van der Waals surface area contributed by atoms with Crippen molar-refractivity contribution in [3.05, 3.63) is 35.4 Å². The minimum atomic E-state index is -5.08. The summed E-state index contributed by atoms with van der Waals surface area (Å²) in [5.74, 6) is -0.750. The average molecular weight is 470 g/mol. The molecule has 2 fully saturated rings. The van der Waals surface area contributed by atoms with Gasteiger partial charge in [-0.15, -0.1) is 0 Å². The number of nitrogens with zero attached hydrogens (tertiary/aromatic N) is 3. The number of aryl methyl sites for hydroxylation is 1. The molecule has 10 heteroatoms. The highest BCUT2D eigenvalue weighted by molar-refractivity contribution is 6.07. The molecule has 1 amide bonds. The summed E-state index contributed by atoms with van der Waals surface area (Å²) < 4.78 is 36.9. The highest BCUT2D eigenvalue weighted by Crippen LogP contribution is 2.50. The highest BCUT2D eigenvalue weighted by Gasteiger charge is 2.60. The number of carbonyl (C=O) groups is 2. The number of rotatable bonds is 5. The van der Waals surface area contributed by atoms with Crippen molar-refractivity contribution in [2.75, 3.05) is 33.4 Å². The number of alkyl halides is 3. The molecule has 0 radical (unpaired) electrons. The zero-order chi connectivity index (χ0) is 24.4. The van der Waals surface area contributed by atoms with Crippen LogP contribution in [0.5, 0.6) is 0 Å². The van der Waals surface area contributed by atoms with Crippen molar-refractivity contribution in [2.24, 2.45) is 16.8 Å². The highest BCUT2D eigenvalue weighted by atomic mass is 19.4. The molecule has 1 saturated carbocycles. The van der Waals surface area contributed by atoms with Crippen LogP contribution in [0, 0.1) is 18.8 Å². The van der Waals surface area contributed by atoms with Crippen LogP contribution >= 0.6 is 0 Å². The number of hydrogen-bond acceptors (Lipinski definition) is 5. The number of halogens is 3. The lowest BCUT2D eigenvalue weighted by molar-refractivity contribution is -0.192. The van der Waals surface area contributed by atoms with Gasteiger partial charge in [0.25, 0.3) is 5.91 Å². The van der Waals surface area contributed by atoms with E-state index >= 15 is 0 Å². The largest absolute Gasteiger partial charge is 0.490 e. The Hall–Kier alpha value is -2.46. The Morgan fingerprint density at radius 2 is 1.88 bits per heavy atom. The van der Waals surface area contributed by atoms with Crippen molar-refractivity contribution in [3.63, 3.8) is 0 Å². The lowest BCUT2D eigenvalue weighted by Crippen LogP contribution is -2.47. The Kier molecular flexibility index (Phi) is 7.48. The molecule has 3 aliphatic rings. The number of carbonyl (C=O) groups excluding carboxylic acids is 1. The van der Waals surface area contributed by atoms with Gasteiger partial charge in [-0.05, 0) is 38.2 Å². The van der Waals surface area contributed by atoms with E-state index in [0.29, 0.717) is 25.0 Å². The van der Waals surface area contributed by atoms with Crippen LogP contribution in [0.2, 0.25) is 0 Å². The van der Waals surface area contributed by atoms with E-state index in [9.17, 15) is 18.0 Å². The van der Waals surface area contributed by atoms with Crippen LogP contribution in [0.4, 0.5) is 13.2 Å². The van der Waals surface area contributed by atoms with Crippen LogP contribution < -0.4 is 0 Å². The van der Waals surface area contributed by atoms with E-state index in [1.807, 2.05) is 11.8 Å². The number of carboxylic acids is 1. The second kappa shape index (κ2) is 9.80. The molecule has 182 valence electrons. The molecule has 33 heavy (non-hydrogen) atoms. The molecule has 7 nitrogen and oxygen atoms in total. The standard InChI is InChI=1S/C21H29N3O2.C2HF3O2/c1-15-4-6-17(7-5-15)12-23-13-18-8-9-21(19(18)14-23)20(25)24(10-11-26-3)16(2)22-21;3-2(4,5)1(6)7/h4-7,18-19H,8-14H2,1-3H3;(H,6,7)/t18-,19+,21-;/m1./s1. The summed E-state index contributed by atoms with van der Waals surface area (Å²) in [7, 11) is 1.67. The number of aliphatic carboxylic acids is 1. The van der Waals surface area contributed by atoms with Crippen molar-refractivity contribution >= 4 is 17.7 Å². The molecule has 1 N–H and O–H groups in total. The van der Waals surface area contributed by atoms with Crippen LogP contribution in [-0.4, -0.2) is 77.7 Å². The normalized spacial score (nSPS) is 26.9. The summed E-state index contributed by atoms with van der Waals surface area (Å²) in [5, 5.41) is 7.12. The predicted molar refractivity (Wildman–Crippen MR) is 116 cm³/mol. The summed E-state index contributed by atoms with van der Waals surface area (Å²) >= 11 is 0. The molecule has 0 aromatic heterocycles. The monoisotopic (exact) mass is 469 g/mol. The second-order valence-electron chi connectivity index (χ2n) is 8.92. The Morgan fingerprint density at radius 1 is 1.24 bits per heavy atom. The Labute approximate surface area is 191 Å². The van der Waals surface area contributed by atoms with Gasteiger partial charge in [-0.25, -0.2) is 4.79 Å². The van der Waals surface area contributed by atoms with Crippen LogP contribution in [0.15, 0.2) is 29.3 Å². The van der Waals surface area contributed by atoms with Crippen LogP contribution in [0.3, 0.4) is 0 Å². The van der Waals surface area contributed by atoms with E-state index in [-0.39, 0.29) is 5.91 Å². The third-order valence-corrected chi connectivity index (χ3v) is 6.68. The Morgan fingerprint density at radius 3 is 2.45 bits per heavy atom. The molecule has 1 spiro atoms. The zero-order valence-electron chi connectivity index (χ0n) is 19.1. The van der Waals surface area contributed by atoms with Gasteiger partial charge >= 0.3 is 12.1 Å². The number of methoxy groups -OCH3 is 1. The maximum absolute atomic E-state index is 13.2. The van der Waals surface area contributed by atoms with E-state index < -0.39 is 17.7 Å². The SMILES string of the molecule is COCCN1C(=O)[C@]2(CC[C@@H]3CN(Cc4ccc(C)cc4)C[C@@H]32)N=C1C.O=C(O)C(F)(F)F. The Bertz CT molecular complexity index is 903. The lowest BCUT2D eigenvalue weighted by Gasteiger charge is -2.28. The Balaban J connectivity index is 0.000000383. The number of amides is 1. The lowest BCUT2D eigenvalue weighted by atomic mass is 9.85. The van der Waals surface area contributed by atoms with Crippen LogP contribution in [0.1, 0.15) is 30.9 Å². The van der Waals surface area contributed by atoms with Gasteiger partial charge in [0.15, 0.2) is 0 Å². The number of likely N-dealkylation sites (tertiary alicyclic amines) is 1. The van der Waals surface area contributed by atoms with Gasteiger partial charge < -0.3 is 9.84 Å². The summed E-state index contributed by atoms with van der Waals surface area (Å²) in [5.41, 5.74) is 2.14. The van der Waals surface area contributed by atoms with E-state index in [1.165, 1.54) is 11.1 Å². The van der Waals surface area contributed by atoms with Crippen molar-refractivity contribution < 1.29 is 32.6 Å². The topological polar surface area (TPSA) is 82.4 Å². The van der Waals surface area contributed by atoms with E-state index in [0.717, 1.165) is 38.3 Å². The first-order valence-electron chi connectivity index (χ1n) is 10.9. The fourth-order valence-electron chi connectivity index (χ4n) is 5.09. The van der Waals surface area contributed by atoms with Gasteiger partial charge in [0.05, 0.1) is 13.2 Å². The predicted octanol–water partition coefficient (Wildman–Crippen LogP) is 3.12. The summed E-state index contributed by atoms with van der Waals surface area (Å²) in [6, 6.07) is 8.79. The van der Waals surface area contributed by atoms with Crippen LogP contribution in [-0.2, 0) is 20.9 Å². The zero-order valence-corrected chi connectivity index (χ0v) is 19.1. The average Bonchev–Trinajstić information content (AvgIpc) is 3.36. The third kappa shape index (κ3) is 5.38. The number of amidine groups is 1. The molecule has 4 rings (SSSR count). The first-order chi connectivity index (χ1) is 15.5. The van der Waals surface area contributed by atoms with Gasteiger partial charge in [0, 0.05) is 32.7 Å². The molecule has 2 aliphatic heterocycles. The van der Waals surface area contributed by atoms with Crippen molar-refractivity contribution in [1.29, 1.82) is 0 Å².